The molecule has 2 heterocycles. The van der Waals surface area contributed by atoms with Crippen LogP contribution in [0.15, 0.2) is 24.3 Å². The zero-order valence-electron chi connectivity index (χ0n) is 15.3. The molecule has 0 bridgehead atoms. The Morgan fingerprint density at radius 1 is 0.963 bits per heavy atom. The van der Waals surface area contributed by atoms with E-state index in [2.05, 4.69) is 0 Å². The van der Waals surface area contributed by atoms with Crippen LogP contribution in [0.1, 0.15) is 33.6 Å². The highest BCUT2D eigenvalue weighted by molar-refractivity contribution is 6.21. The fourth-order valence-electron chi connectivity index (χ4n) is 3.72. The average Bonchev–Trinajstić information content (AvgIpc) is 2.95. The molecule has 2 amide bonds. The van der Waals surface area contributed by atoms with Crippen LogP contribution in [0.25, 0.3) is 0 Å². The van der Waals surface area contributed by atoms with E-state index in [9.17, 15) is 19.2 Å². The molecule has 8 heteroatoms. The van der Waals surface area contributed by atoms with Gasteiger partial charge in [-0.3, -0.25) is 29.0 Å². The van der Waals surface area contributed by atoms with E-state index in [1.165, 1.54) is 19.1 Å². The highest BCUT2D eigenvalue weighted by atomic mass is 16.5. The van der Waals surface area contributed by atoms with E-state index in [-0.39, 0.29) is 42.8 Å². The summed E-state index contributed by atoms with van der Waals surface area (Å²) in [6.07, 6.45) is 0.977. The Kier molecular flexibility index (Phi) is 5.55. The van der Waals surface area contributed by atoms with Gasteiger partial charge in [0, 0.05) is 19.6 Å². The lowest BCUT2D eigenvalue weighted by atomic mass is 9.92. The van der Waals surface area contributed by atoms with Crippen LogP contribution < -0.4 is 0 Å². The zero-order valence-corrected chi connectivity index (χ0v) is 15.3. The van der Waals surface area contributed by atoms with Crippen molar-refractivity contribution in [3.8, 4) is 0 Å². The van der Waals surface area contributed by atoms with Gasteiger partial charge in [0.05, 0.1) is 31.3 Å². The highest BCUT2D eigenvalue weighted by Crippen LogP contribution is 2.26. The summed E-state index contributed by atoms with van der Waals surface area (Å²) in [4.78, 5) is 51.9. The minimum Gasteiger partial charge on any atom is -0.469 e. The number of carbonyl (C=O) groups excluding carboxylic acids is 4. The van der Waals surface area contributed by atoms with Crippen molar-refractivity contribution in [1.29, 1.82) is 0 Å². The van der Waals surface area contributed by atoms with Gasteiger partial charge >= 0.3 is 11.9 Å². The molecule has 2 atom stereocenters. The monoisotopic (exact) mass is 374 g/mol. The van der Waals surface area contributed by atoms with Gasteiger partial charge in [-0.05, 0) is 25.0 Å². The van der Waals surface area contributed by atoms with Gasteiger partial charge in [0.15, 0.2) is 0 Å². The molecule has 2 aliphatic heterocycles. The van der Waals surface area contributed by atoms with Gasteiger partial charge in [0.2, 0.25) is 0 Å². The predicted octanol–water partition coefficient (Wildman–Crippen LogP) is 0.709. The third kappa shape index (κ3) is 3.57. The lowest BCUT2D eigenvalue weighted by Crippen LogP contribution is -2.52. The molecule has 2 aliphatic rings. The van der Waals surface area contributed by atoms with Crippen molar-refractivity contribution in [2.24, 2.45) is 5.92 Å². The molecule has 0 unspecified atom stereocenters. The molecule has 27 heavy (non-hydrogen) atoms. The van der Waals surface area contributed by atoms with Crippen molar-refractivity contribution in [3.63, 3.8) is 0 Å². The Labute approximate surface area is 157 Å². The van der Waals surface area contributed by atoms with Crippen LogP contribution in [-0.4, -0.2) is 73.4 Å². The number of methoxy groups -OCH3 is 2. The molecule has 3 rings (SSSR count). The molecule has 0 aromatic heterocycles. The standard InChI is InChI=1S/C19H22N2O6/c1-26-18(24)12-7-8-15(19(25)27-2)20(11-12)9-10-21-16(22)13-5-3-4-6-14(13)17(21)23/h3-6,12,15H,7-11H2,1-2H3/t12-,15-/m0/s1. The maximum Gasteiger partial charge on any atom is 0.323 e. The summed E-state index contributed by atoms with van der Waals surface area (Å²) < 4.78 is 9.68. The van der Waals surface area contributed by atoms with Crippen LogP contribution in [0, 0.1) is 5.92 Å². The molecule has 1 aromatic carbocycles. The highest BCUT2D eigenvalue weighted by Gasteiger charge is 2.39. The third-order valence-electron chi connectivity index (χ3n) is 5.18. The zero-order chi connectivity index (χ0) is 19.6. The van der Waals surface area contributed by atoms with Crippen LogP contribution in [0.3, 0.4) is 0 Å². The normalized spacial score (nSPS) is 22.5. The molecule has 0 saturated carbocycles. The van der Waals surface area contributed by atoms with E-state index in [4.69, 9.17) is 9.47 Å². The summed E-state index contributed by atoms with van der Waals surface area (Å²) >= 11 is 0. The summed E-state index contributed by atoms with van der Waals surface area (Å²) in [5, 5.41) is 0. The molecule has 1 fully saturated rings. The first-order valence-electron chi connectivity index (χ1n) is 8.82. The van der Waals surface area contributed by atoms with Crippen molar-refractivity contribution in [2.75, 3.05) is 33.9 Å². The fraction of sp³-hybridized carbons (Fsp3) is 0.474. The van der Waals surface area contributed by atoms with E-state index in [0.29, 0.717) is 30.5 Å². The Morgan fingerprint density at radius 3 is 2.11 bits per heavy atom. The maximum atomic E-state index is 12.5. The van der Waals surface area contributed by atoms with Crippen molar-refractivity contribution < 1.29 is 28.7 Å². The minimum atomic E-state index is -0.508. The molecule has 0 spiro atoms. The number of likely N-dealkylation sites (tertiary alicyclic amines) is 1. The number of esters is 2. The maximum absolute atomic E-state index is 12.5. The Balaban J connectivity index is 1.71. The van der Waals surface area contributed by atoms with E-state index >= 15 is 0 Å². The first kappa shape index (κ1) is 19.0. The number of nitrogens with zero attached hydrogens (tertiary/aromatic N) is 2. The number of hydrogen-bond acceptors (Lipinski definition) is 7. The number of fused-ring (bicyclic) bond motifs is 1. The Hall–Kier alpha value is -2.74. The van der Waals surface area contributed by atoms with Gasteiger partial charge in [-0.25, -0.2) is 0 Å². The van der Waals surface area contributed by atoms with Crippen molar-refractivity contribution in [1.82, 2.24) is 9.80 Å². The smallest absolute Gasteiger partial charge is 0.323 e. The van der Waals surface area contributed by atoms with Crippen LogP contribution in [0.2, 0.25) is 0 Å². The van der Waals surface area contributed by atoms with E-state index < -0.39 is 6.04 Å². The molecule has 144 valence electrons. The number of ether oxygens (including phenoxy) is 2. The molecule has 1 aromatic rings. The van der Waals surface area contributed by atoms with Crippen LogP contribution >= 0.6 is 0 Å². The minimum absolute atomic E-state index is 0.133. The first-order chi connectivity index (χ1) is 13.0. The summed E-state index contributed by atoms with van der Waals surface area (Å²) in [6, 6.07) is 6.17. The van der Waals surface area contributed by atoms with E-state index in [1.54, 1.807) is 29.2 Å². The molecule has 0 aliphatic carbocycles. The molecular weight excluding hydrogens is 352 g/mol. The molecule has 0 radical (unpaired) electrons. The number of rotatable bonds is 5. The van der Waals surface area contributed by atoms with E-state index in [0.717, 1.165) is 0 Å². The average molecular weight is 374 g/mol. The van der Waals surface area contributed by atoms with Crippen molar-refractivity contribution in [2.45, 2.75) is 18.9 Å². The van der Waals surface area contributed by atoms with Gasteiger partial charge < -0.3 is 9.47 Å². The molecular formula is C19H22N2O6. The van der Waals surface area contributed by atoms with Gasteiger partial charge in [-0.15, -0.1) is 0 Å². The summed E-state index contributed by atoms with van der Waals surface area (Å²) in [5.41, 5.74) is 0.774. The lowest BCUT2D eigenvalue weighted by molar-refractivity contribution is -0.155. The first-order valence-corrected chi connectivity index (χ1v) is 8.82. The van der Waals surface area contributed by atoms with Gasteiger partial charge in [0.25, 0.3) is 11.8 Å². The van der Waals surface area contributed by atoms with Crippen LogP contribution in [-0.2, 0) is 19.1 Å². The van der Waals surface area contributed by atoms with Gasteiger partial charge in [0.1, 0.15) is 6.04 Å². The second kappa shape index (κ2) is 7.87. The quantitative estimate of drug-likeness (QED) is 0.553. The predicted molar refractivity (Wildman–Crippen MR) is 93.9 cm³/mol. The molecule has 0 N–H and O–H groups in total. The molecule has 1 saturated heterocycles. The number of amides is 2. The molecule has 8 nitrogen and oxygen atoms in total. The van der Waals surface area contributed by atoms with Crippen molar-refractivity contribution >= 4 is 23.8 Å². The Morgan fingerprint density at radius 2 is 1.56 bits per heavy atom. The summed E-state index contributed by atoms with van der Waals surface area (Å²) in [5.74, 6) is -1.75. The largest absolute Gasteiger partial charge is 0.469 e. The number of carbonyl (C=O) groups is 4. The summed E-state index contributed by atoms with van der Waals surface area (Å²) in [6.45, 7) is 0.724. The SMILES string of the molecule is COC(=O)[C@H]1CC[C@@H](C(=O)OC)N(CCN2C(=O)c3ccccc3C2=O)C1. The van der Waals surface area contributed by atoms with Crippen LogP contribution in [0.5, 0.6) is 0 Å². The third-order valence-corrected chi connectivity index (χ3v) is 5.18. The Bertz CT molecular complexity index is 742. The van der Waals surface area contributed by atoms with Gasteiger partial charge in [-0.1, -0.05) is 12.1 Å². The fourth-order valence-corrected chi connectivity index (χ4v) is 3.72. The second-order valence-corrected chi connectivity index (χ2v) is 6.64. The topological polar surface area (TPSA) is 93.2 Å². The lowest BCUT2D eigenvalue weighted by Gasteiger charge is -2.37. The summed E-state index contributed by atoms with van der Waals surface area (Å²) in [7, 11) is 2.65. The van der Waals surface area contributed by atoms with E-state index in [1.807, 2.05) is 0 Å². The number of benzene rings is 1. The second-order valence-electron chi connectivity index (χ2n) is 6.64. The number of imide groups is 1. The van der Waals surface area contributed by atoms with Crippen LogP contribution in [0.4, 0.5) is 0 Å². The number of piperidine rings is 1. The van der Waals surface area contributed by atoms with Gasteiger partial charge in [-0.2, -0.15) is 0 Å². The number of hydrogen-bond donors (Lipinski definition) is 0. The van der Waals surface area contributed by atoms with Crippen molar-refractivity contribution in [3.05, 3.63) is 35.4 Å².